The fourth-order valence-corrected chi connectivity index (χ4v) is 2.45. The van der Waals surface area contributed by atoms with Crippen LogP contribution in [0.15, 0.2) is 60.9 Å². The van der Waals surface area contributed by atoms with Gasteiger partial charge in [-0.3, -0.25) is 25.8 Å². The molecular weight excluding hydrogens is 360 g/mol. The van der Waals surface area contributed by atoms with Crippen LogP contribution in [0.25, 0.3) is 0 Å². The Labute approximate surface area is 161 Å². The first-order chi connectivity index (χ1) is 13.5. The highest BCUT2D eigenvalue weighted by Gasteiger charge is 2.23. The number of aromatic nitrogens is 2. The molecule has 0 saturated carbocycles. The van der Waals surface area contributed by atoms with E-state index in [0.717, 1.165) is 11.1 Å². The fourth-order valence-electron chi connectivity index (χ4n) is 2.45. The molecule has 0 aliphatic heterocycles. The topological polar surface area (TPSA) is 122 Å². The zero-order chi connectivity index (χ0) is 19.9. The normalized spacial score (nSPS) is 10.2. The number of hydrazine groups is 1. The molecule has 28 heavy (non-hydrogen) atoms. The first-order valence-electron chi connectivity index (χ1n) is 8.45. The summed E-state index contributed by atoms with van der Waals surface area (Å²) in [6, 6.07) is 16.3. The zero-order valence-electron chi connectivity index (χ0n) is 15.0. The van der Waals surface area contributed by atoms with Crippen LogP contribution >= 0.6 is 0 Å². The van der Waals surface area contributed by atoms with Gasteiger partial charge in [-0.15, -0.1) is 0 Å². The predicted octanol–water partition coefficient (Wildman–Crippen LogP) is 3.06. The summed E-state index contributed by atoms with van der Waals surface area (Å²) < 4.78 is 0. The maximum absolute atomic E-state index is 12.2. The summed E-state index contributed by atoms with van der Waals surface area (Å²) in [6.07, 6.45) is 1.18. The average molecular weight is 378 g/mol. The van der Waals surface area contributed by atoms with Crippen molar-refractivity contribution in [1.29, 1.82) is 0 Å². The smallest absolute Gasteiger partial charge is 0.354 e. The third kappa shape index (κ3) is 4.58. The number of nitrogens with zero attached hydrogens (tertiary/aromatic N) is 3. The van der Waals surface area contributed by atoms with Gasteiger partial charge in [0.05, 0.1) is 4.92 Å². The number of nitro groups is 1. The van der Waals surface area contributed by atoms with Gasteiger partial charge in [-0.05, 0) is 24.6 Å². The molecule has 3 N–H and O–H groups in total. The fraction of sp³-hybridized carbons (Fsp3) is 0.105. The van der Waals surface area contributed by atoms with Crippen molar-refractivity contribution in [2.24, 2.45) is 0 Å². The molecule has 0 aliphatic carbocycles. The summed E-state index contributed by atoms with van der Waals surface area (Å²) in [5, 5.41) is 14.5. The summed E-state index contributed by atoms with van der Waals surface area (Å²) in [4.78, 5) is 31.0. The van der Waals surface area contributed by atoms with Crippen molar-refractivity contribution in [3.63, 3.8) is 0 Å². The van der Waals surface area contributed by atoms with Crippen LogP contribution in [0.3, 0.4) is 0 Å². The molecule has 9 nitrogen and oxygen atoms in total. The molecule has 2 aromatic carbocycles. The molecule has 1 amide bonds. The van der Waals surface area contributed by atoms with Gasteiger partial charge in [0.15, 0.2) is 0 Å². The number of anilines is 2. The van der Waals surface area contributed by atoms with Crippen LogP contribution in [0.5, 0.6) is 0 Å². The minimum Gasteiger partial charge on any atom is -0.360 e. The minimum atomic E-state index is -0.603. The molecule has 0 bridgehead atoms. The van der Waals surface area contributed by atoms with Crippen molar-refractivity contribution < 1.29 is 9.72 Å². The van der Waals surface area contributed by atoms with E-state index in [-0.39, 0.29) is 17.3 Å². The number of amides is 1. The Balaban J connectivity index is 1.74. The molecule has 3 aromatic rings. The Morgan fingerprint density at radius 3 is 2.39 bits per heavy atom. The zero-order valence-corrected chi connectivity index (χ0v) is 15.0. The maximum Gasteiger partial charge on any atom is 0.354 e. The van der Waals surface area contributed by atoms with Crippen molar-refractivity contribution in [3.8, 4) is 0 Å². The molecule has 9 heteroatoms. The second-order valence-electron chi connectivity index (χ2n) is 5.96. The number of carbonyl (C=O) groups is 1. The van der Waals surface area contributed by atoms with Gasteiger partial charge in [-0.25, -0.2) is 9.97 Å². The number of nitrogens with one attached hydrogen (secondary N) is 3. The largest absolute Gasteiger partial charge is 0.360 e. The molecule has 1 aromatic heterocycles. The molecule has 0 unspecified atom stereocenters. The van der Waals surface area contributed by atoms with E-state index in [2.05, 4.69) is 26.1 Å². The van der Waals surface area contributed by atoms with Crippen molar-refractivity contribution >= 4 is 23.2 Å². The van der Waals surface area contributed by atoms with E-state index in [1.807, 2.05) is 37.3 Å². The molecule has 0 radical (unpaired) electrons. The number of carbonyl (C=O) groups excluding carboxylic acids is 1. The lowest BCUT2D eigenvalue weighted by molar-refractivity contribution is -0.383. The maximum atomic E-state index is 12.2. The van der Waals surface area contributed by atoms with Crippen LogP contribution in [0, 0.1) is 17.0 Å². The summed E-state index contributed by atoms with van der Waals surface area (Å²) in [7, 11) is 0. The molecule has 0 aliphatic rings. The standard InChI is InChI=1S/C19H18N6O3/c1-13-7-9-15(10-8-13)19(26)24-23-18-16(25(27)28)17(21-12-22-18)20-11-14-5-3-2-4-6-14/h2-10,12H,11H2,1H3,(H,24,26)(H2,20,21,22,23). The third-order valence-electron chi connectivity index (χ3n) is 3.92. The second-order valence-corrected chi connectivity index (χ2v) is 5.96. The van der Waals surface area contributed by atoms with Crippen LogP contribution < -0.4 is 16.2 Å². The van der Waals surface area contributed by atoms with Crippen LogP contribution in [0.1, 0.15) is 21.5 Å². The van der Waals surface area contributed by atoms with Gasteiger partial charge in [0.2, 0.25) is 11.6 Å². The van der Waals surface area contributed by atoms with Crippen LogP contribution in [0.4, 0.5) is 17.3 Å². The van der Waals surface area contributed by atoms with Gasteiger partial charge in [0.1, 0.15) is 6.33 Å². The van der Waals surface area contributed by atoms with Gasteiger partial charge in [-0.1, -0.05) is 48.0 Å². The Kier molecular flexibility index (Phi) is 5.75. The van der Waals surface area contributed by atoms with Crippen LogP contribution in [-0.2, 0) is 6.54 Å². The quantitative estimate of drug-likeness (QED) is 0.426. The number of hydrogen-bond donors (Lipinski definition) is 3. The first kappa shape index (κ1) is 18.8. The van der Waals surface area contributed by atoms with Crippen molar-refractivity contribution in [2.45, 2.75) is 13.5 Å². The van der Waals surface area contributed by atoms with Gasteiger partial charge in [-0.2, -0.15) is 0 Å². The second kappa shape index (κ2) is 8.58. The molecule has 1 heterocycles. The lowest BCUT2D eigenvalue weighted by atomic mass is 10.1. The Bertz CT molecular complexity index is 977. The lowest BCUT2D eigenvalue weighted by Gasteiger charge is -2.11. The minimum absolute atomic E-state index is 0.0518. The average Bonchev–Trinajstić information content (AvgIpc) is 2.71. The van der Waals surface area contributed by atoms with Crippen molar-refractivity contribution in [1.82, 2.24) is 15.4 Å². The molecule has 3 rings (SSSR count). The molecule has 0 fully saturated rings. The van der Waals surface area contributed by atoms with Gasteiger partial charge in [0, 0.05) is 12.1 Å². The SMILES string of the molecule is Cc1ccc(C(=O)NNc2ncnc(NCc3ccccc3)c2[N+](=O)[O-])cc1. The van der Waals surface area contributed by atoms with Crippen molar-refractivity contribution in [3.05, 3.63) is 87.7 Å². The molecule has 142 valence electrons. The van der Waals surface area contributed by atoms with E-state index in [0.29, 0.717) is 12.1 Å². The molecule has 0 spiro atoms. The number of hydrogen-bond acceptors (Lipinski definition) is 7. The van der Waals surface area contributed by atoms with E-state index in [9.17, 15) is 14.9 Å². The van der Waals surface area contributed by atoms with E-state index in [1.54, 1.807) is 24.3 Å². The first-order valence-corrected chi connectivity index (χ1v) is 8.45. The monoisotopic (exact) mass is 378 g/mol. The van der Waals surface area contributed by atoms with E-state index >= 15 is 0 Å². The Morgan fingerprint density at radius 2 is 1.71 bits per heavy atom. The van der Waals surface area contributed by atoms with Gasteiger partial charge in [0.25, 0.3) is 5.91 Å². The Morgan fingerprint density at radius 1 is 1.04 bits per heavy atom. The van der Waals surface area contributed by atoms with Crippen LogP contribution in [-0.4, -0.2) is 20.8 Å². The number of benzene rings is 2. The third-order valence-corrected chi connectivity index (χ3v) is 3.92. The number of rotatable bonds is 7. The Hall–Kier alpha value is -4.01. The predicted molar refractivity (Wildman–Crippen MR) is 105 cm³/mol. The van der Waals surface area contributed by atoms with E-state index in [1.165, 1.54) is 6.33 Å². The lowest BCUT2D eigenvalue weighted by Crippen LogP contribution is -2.30. The van der Waals surface area contributed by atoms with Gasteiger partial charge < -0.3 is 5.32 Å². The summed E-state index contributed by atoms with van der Waals surface area (Å²) in [5.41, 5.74) is 6.95. The van der Waals surface area contributed by atoms with E-state index in [4.69, 9.17) is 0 Å². The highest BCUT2D eigenvalue weighted by atomic mass is 16.6. The highest BCUT2D eigenvalue weighted by molar-refractivity contribution is 5.95. The molecular formula is C19H18N6O3. The molecule has 0 atom stereocenters. The van der Waals surface area contributed by atoms with E-state index < -0.39 is 10.8 Å². The van der Waals surface area contributed by atoms with Gasteiger partial charge >= 0.3 is 5.69 Å². The summed E-state index contributed by atoms with van der Waals surface area (Å²) in [6.45, 7) is 2.27. The van der Waals surface area contributed by atoms with Crippen LogP contribution in [0.2, 0.25) is 0 Å². The number of aryl methyl sites for hydroxylation is 1. The molecule has 0 saturated heterocycles. The highest BCUT2D eigenvalue weighted by Crippen LogP contribution is 2.28. The summed E-state index contributed by atoms with van der Waals surface area (Å²) >= 11 is 0. The summed E-state index contributed by atoms with van der Waals surface area (Å²) in [5.74, 6) is -0.501. The van der Waals surface area contributed by atoms with Crippen molar-refractivity contribution in [2.75, 3.05) is 10.7 Å².